The number of halogens is 1. The first kappa shape index (κ1) is 13.0. The lowest BCUT2D eigenvalue weighted by Gasteiger charge is -2.40. The van der Waals surface area contributed by atoms with Crippen molar-refractivity contribution in [1.82, 2.24) is 0 Å². The smallest absolute Gasteiger partial charge is 0.0505 e. The molecular formula is C14H21IN2. The zero-order valence-corrected chi connectivity index (χ0v) is 12.8. The molecule has 2 unspecified atom stereocenters. The number of nitrogens with zero attached hydrogens (tertiary/aromatic N) is 1. The Morgan fingerprint density at radius 3 is 2.82 bits per heavy atom. The van der Waals surface area contributed by atoms with Crippen LogP contribution in [0.3, 0.4) is 0 Å². The van der Waals surface area contributed by atoms with E-state index >= 15 is 0 Å². The molecule has 94 valence electrons. The Kier molecular flexibility index (Phi) is 4.17. The first-order valence-electron chi connectivity index (χ1n) is 6.43. The SMILES string of the molecule is CCC1CCC(C)N(c2ccc(N)cc2I)C1. The Morgan fingerprint density at radius 1 is 1.41 bits per heavy atom. The fourth-order valence-electron chi connectivity index (χ4n) is 2.61. The third-order valence-electron chi connectivity index (χ3n) is 3.84. The molecule has 1 fully saturated rings. The topological polar surface area (TPSA) is 29.3 Å². The monoisotopic (exact) mass is 344 g/mol. The van der Waals surface area contributed by atoms with E-state index in [2.05, 4.69) is 53.5 Å². The van der Waals surface area contributed by atoms with Crippen molar-refractivity contribution in [3.05, 3.63) is 21.8 Å². The van der Waals surface area contributed by atoms with Crippen LogP contribution < -0.4 is 10.6 Å². The van der Waals surface area contributed by atoms with Crippen molar-refractivity contribution in [1.29, 1.82) is 0 Å². The summed E-state index contributed by atoms with van der Waals surface area (Å²) in [5, 5.41) is 0. The summed E-state index contributed by atoms with van der Waals surface area (Å²) < 4.78 is 1.27. The number of piperidine rings is 1. The molecule has 0 spiro atoms. The number of nitrogen functional groups attached to an aromatic ring is 1. The lowest BCUT2D eigenvalue weighted by Crippen LogP contribution is -2.42. The molecule has 0 aliphatic carbocycles. The summed E-state index contributed by atoms with van der Waals surface area (Å²) in [4.78, 5) is 2.55. The number of benzene rings is 1. The van der Waals surface area contributed by atoms with Crippen LogP contribution in [0.5, 0.6) is 0 Å². The molecular weight excluding hydrogens is 323 g/mol. The van der Waals surface area contributed by atoms with Gasteiger partial charge in [0.2, 0.25) is 0 Å². The lowest BCUT2D eigenvalue weighted by atomic mass is 9.91. The third-order valence-corrected chi connectivity index (χ3v) is 4.70. The second-order valence-electron chi connectivity index (χ2n) is 5.06. The number of hydrogen-bond acceptors (Lipinski definition) is 2. The van der Waals surface area contributed by atoms with Gasteiger partial charge in [-0.3, -0.25) is 0 Å². The molecule has 2 nitrogen and oxygen atoms in total. The van der Waals surface area contributed by atoms with E-state index in [1.54, 1.807) is 0 Å². The quantitative estimate of drug-likeness (QED) is 0.652. The normalized spacial score (nSPS) is 25.0. The maximum atomic E-state index is 5.82. The number of anilines is 2. The van der Waals surface area contributed by atoms with Crippen molar-refractivity contribution in [3.63, 3.8) is 0 Å². The van der Waals surface area contributed by atoms with Crippen molar-refractivity contribution >= 4 is 34.0 Å². The first-order chi connectivity index (χ1) is 8.11. The zero-order valence-electron chi connectivity index (χ0n) is 10.6. The molecule has 1 aromatic carbocycles. The second kappa shape index (κ2) is 5.46. The van der Waals surface area contributed by atoms with Crippen molar-refractivity contribution in [2.75, 3.05) is 17.2 Å². The summed E-state index contributed by atoms with van der Waals surface area (Å²) in [6, 6.07) is 6.90. The Bertz CT molecular complexity index is 392. The lowest BCUT2D eigenvalue weighted by molar-refractivity contribution is 0.359. The molecule has 1 aliphatic heterocycles. The molecule has 3 heteroatoms. The van der Waals surface area contributed by atoms with E-state index in [-0.39, 0.29) is 0 Å². The molecule has 0 saturated carbocycles. The third kappa shape index (κ3) is 2.87. The van der Waals surface area contributed by atoms with Crippen LogP contribution in [0.25, 0.3) is 0 Å². The fourth-order valence-corrected chi connectivity index (χ4v) is 3.46. The van der Waals surface area contributed by atoms with E-state index in [1.165, 1.54) is 35.1 Å². The molecule has 17 heavy (non-hydrogen) atoms. The van der Waals surface area contributed by atoms with Gasteiger partial charge in [-0.15, -0.1) is 0 Å². The standard InChI is InChI=1S/C14H21IN2/c1-3-11-5-4-10(2)17(9-11)14-7-6-12(16)8-13(14)15/h6-8,10-11H,3-5,9,16H2,1-2H3. The van der Waals surface area contributed by atoms with Gasteiger partial charge in [-0.05, 0) is 66.5 Å². The van der Waals surface area contributed by atoms with Gasteiger partial charge in [-0.1, -0.05) is 13.3 Å². The summed E-state index contributed by atoms with van der Waals surface area (Å²) >= 11 is 2.40. The molecule has 1 saturated heterocycles. The molecule has 0 bridgehead atoms. The minimum Gasteiger partial charge on any atom is -0.399 e. The van der Waals surface area contributed by atoms with Crippen molar-refractivity contribution in [2.24, 2.45) is 5.92 Å². The number of nitrogens with two attached hydrogens (primary N) is 1. The molecule has 0 radical (unpaired) electrons. The highest BCUT2D eigenvalue weighted by Gasteiger charge is 2.25. The van der Waals surface area contributed by atoms with Gasteiger partial charge in [-0.2, -0.15) is 0 Å². The highest BCUT2D eigenvalue weighted by molar-refractivity contribution is 14.1. The van der Waals surface area contributed by atoms with Crippen LogP contribution in [0.4, 0.5) is 11.4 Å². The highest BCUT2D eigenvalue weighted by atomic mass is 127. The van der Waals surface area contributed by atoms with Crippen LogP contribution >= 0.6 is 22.6 Å². The van der Waals surface area contributed by atoms with Crippen LogP contribution in [-0.4, -0.2) is 12.6 Å². The summed E-state index contributed by atoms with van der Waals surface area (Å²) in [6.45, 7) is 5.82. The summed E-state index contributed by atoms with van der Waals surface area (Å²) in [5.41, 5.74) is 8.03. The van der Waals surface area contributed by atoms with Gasteiger partial charge in [0.25, 0.3) is 0 Å². The molecule has 1 heterocycles. The van der Waals surface area contributed by atoms with E-state index in [4.69, 9.17) is 5.73 Å². The largest absolute Gasteiger partial charge is 0.399 e. The van der Waals surface area contributed by atoms with Crippen molar-refractivity contribution < 1.29 is 0 Å². The Hall–Kier alpha value is -0.450. The van der Waals surface area contributed by atoms with Crippen LogP contribution in [0.1, 0.15) is 33.1 Å². The van der Waals surface area contributed by atoms with E-state index in [1.807, 2.05) is 6.07 Å². The van der Waals surface area contributed by atoms with Gasteiger partial charge in [-0.25, -0.2) is 0 Å². The van der Waals surface area contributed by atoms with Gasteiger partial charge in [0.1, 0.15) is 0 Å². The predicted octanol–water partition coefficient (Wildman–Crippen LogP) is 3.89. The van der Waals surface area contributed by atoms with Crippen LogP contribution in [0.2, 0.25) is 0 Å². The van der Waals surface area contributed by atoms with Crippen LogP contribution in [0.15, 0.2) is 18.2 Å². The van der Waals surface area contributed by atoms with Crippen molar-refractivity contribution in [2.45, 2.75) is 39.2 Å². The predicted molar refractivity (Wildman–Crippen MR) is 83.4 cm³/mol. The summed E-state index contributed by atoms with van der Waals surface area (Å²) in [6.07, 6.45) is 3.97. The maximum absolute atomic E-state index is 5.82. The minimum atomic E-state index is 0.648. The number of hydrogen-bond donors (Lipinski definition) is 1. The summed E-state index contributed by atoms with van der Waals surface area (Å²) in [7, 11) is 0. The fraction of sp³-hybridized carbons (Fsp3) is 0.571. The van der Waals surface area contributed by atoms with Gasteiger partial charge in [0, 0.05) is 21.8 Å². The molecule has 1 aromatic rings. The van der Waals surface area contributed by atoms with Crippen LogP contribution in [-0.2, 0) is 0 Å². The van der Waals surface area contributed by atoms with E-state index in [0.29, 0.717) is 6.04 Å². The van der Waals surface area contributed by atoms with Crippen molar-refractivity contribution in [3.8, 4) is 0 Å². The van der Waals surface area contributed by atoms with Gasteiger partial charge < -0.3 is 10.6 Å². The van der Waals surface area contributed by atoms with Crippen LogP contribution in [0, 0.1) is 9.49 Å². The average molecular weight is 344 g/mol. The molecule has 2 N–H and O–H groups in total. The maximum Gasteiger partial charge on any atom is 0.0505 e. The van der Waals surface area contributed by atoms with Gasteiger partial charge in [0.15, 0.2) is 0 Å². The van der Waals surface area contributed by atoms with E-state index in [0.717, 1.165) is 11.6 Å². The van der Waals surface area contributed by atoms with E-state index in [9.17, 15) is 0 Å². The molecule has 2 atom stereocenters. The van der Waals surface area contributed by atoms with E-state index < -0.39 is 0 Å². The summed E-state index contributed by atoms with van der Waals surface area (Å²) in [5.74, 6) is 0.847. The first-order valence-corrected chi connectivity index (χ1v) is 7.51. The Balaban J connectivity index is 2.24. The van der Waals surface area contributed by atoms with Gasteiger partial charge in [0.05, 0.1) is 5.69 Å². The molecule has 0 aromatic heterocycles. The zero-order chi connectivity index (χ0) is 12.4. The molecule has 0 amide bonds. The second-order valence-corrected chi connectivity index (χ2v) is 6.23. The van der Waals surface area contributed by atoms with Gasteiger partial charge >= 0.3 is 0 Å². The Labute approximate surface area is 118 Å². The minimum absolute atomic E-state index is 0.648. The highest BCUT2D eigenvalue weighted by Crippen LogP contribution is 2.32. The molecule has 2 rings (SSSR count). The number of rotatable bonds is 2. The Morgan fingerprint density at radius 2 is 2.18 bits per heavy atom. The molecule has 1 aliphatic rings. The average Bonchev–Trinajstić information content (AvgIpc) is 2.30.